The van der Waals surface area contributed by atoms with Crippen molar-refractivity contribution in [1.82, 2.24) is 14.5 Å². The molecule has 1 aliphatic heterocycles. The molecule has 1 N–H and O–H groups in total. The molecular formula is C18H23ClN4O3S. The van der Waals surface area contributed by atoms with Gasteiger partial charge in [0.2, 0.25) is 15.9 Å². The van der Waals surface area contributed by atoms with E-state index in [1.807, 2.05) is 4.90 Å². The third kappa shape index (κ3) is 4.61. The first-order valence-electron chi connectivity index (χ1n) is 9.05. The van der Waals surface area contributed by atoms with Crippen molar-refractivity contribution < 1.29 is 13.2 Å². The van der Waals surface area contributed by atoms with Gasteiger partial charge in [0.15, 0.2) is 0 Å². The predicted octanol–water partition coefficient (Wildman–Crippen LogP) is 1.60. The van der Waals surface area contributed by atoms with Crippen LogP contribution in [0.15, 0.2) is 29.2 Å². The minimum Gasteiger partial charge on any atom is -0.337 e. The monoisotopic (exact) mass is 410 g/mol. The molecule has 1 aliphatic carbocycles. The van der Waals surface area contributed by atoms with Gasteiger partial charge in [0.05, 0.1) is 17.5 Å². The molecule has 1 heterocycles. The highest BCUT2D eigenvalue weighted by atomic mass is 35.5. The van der Waals surface area contributed by atoms with Crippen LogP contribution in [0.1, 0.15) is 25.7 Å². The van der Waals surface area contributed by atoms with E-state index in [1.165, 1.54) is 16.4 Å². The van der Waals surface area contributed by atoms with E-state index in [4.69, 9.17) is 11.6 Å². The quantitative estimate of drug-likeness (QED) is 0.795. The van der Waals surface area contributed by atoms with Crippen LogP contribution in [0.5, 0.6) is 0 Å². The number of piperazine rings is 1. The Morgan fingerprint density at radius 1 is 1.22 bits per heavy atom. The number of nitriles is 1. The van der Waals surface area contributed by atoms with Crippen LogP contribution >= 0.6 is 11.6 Å². The molecule has 0 atom stereocenters. The number of amides is 1. The molecule has 7 nitrogen and oxygen atoms in total. The van der Waals surface area contributed by atoms with Crippen LogP contribution in [0.3, 0.4) is 0 Å². The maximum Gasteiger partial charge on any atom is 0.243 e. The van der Waals surface area contributed by atoms with Gasteiger partial charge < -0.3 is 5.32 Å². The number of carbonyl (C=O) groups excluding carboxylic acids is 1. The van der Waals surface area contributed by atoms with Gasteiger partial charge in [-0.05, 0) is 43.9 Å². The second-order valence-corrected chi connectivity index (χ2v) is 9.46. The Balaban J connectivity index is 1.54. The zero-order valence-electron chi connectivity index (χ0n) is 15.0. The normalized spacial score (nSPS) is 20.9. The standard InChI is InChI=1S/C18H23ClN4O3S/c19-15-4-3-5-16(12-15)27(25,26)23-10-8-22(9-11-23)13-17(24)21-18(14-20)6-1-2-7-18/h3-5,12H,1-2,6-11,13H2,(H,21,24). The predicted molar refractivity (Wildman–Crippen MR) is 102 cm³/mol. The van der Waals surface area contributed by atoms with Gasteiger partial charge in [0, 0.05) is 31.2 Å². The zero-order chi connectivity index (χ0) is 19.5. The Kier molecular flexibility index (Phi) is 6.06. The summed E-state index contributed by atoms with van der Waals surface area (Å²) in [7, 11) is -3.59. The average Bonchev–Trinajstić information content (AvgIpc) is 3.11. The Labute approximate surface area is 164 Å². The van der Waals surface area contributed by atoms with Crippen molar-refractivity contribution in [1.29, 1.82) is 5.26 Å². The van der Waals surface area contributed by atoms with Crippen molar-refractivity contribution in [3.8, 4) is 6.07 Å². The highest BCUT2D eigenvalue weighted by molar-refractivity contribution is 7.89. The summed E-state index contributed by atoms with van der Waals surface area (Å²) < 4.78 is 26.8. The summed E-state index contributed by atoms with van der Waals surface area (Å²) in [6.07, 6.45) is 3.30. The maximum atomic E-state index is 12.7. The van der Waals surface area contributed by atoms with E-state index in [1.54, 1.807) is 12.1 Å². The van der Waals surface area contributed by atoms with Crippen LogP contribution in [0.4, 0.5) is 0 Å². The van der Waals surface area contributed by atoms with Gasteiger partial charge in [-0.25, -0.2) is 8.42 Å². The fourth-order valence-electron chi connectivity index (χ4n) is 3.66. The molecule has 0 unspecified atom stereocenters. The molecule has 1 saturated carbocycles. The lowest BCUT2D eigenvalue weighted by Gasteiger charge is -2.34. The van der Waals surface area contributed by atoms with Gasteiger partial charge in [-0.15, -0.1) is 0 Å². The number of benzene rings is 1. The maximum absolute atomic E-state index is 12.7. The Morgan fingerprint density at radius 2 is 1.89 bits per heavy atom. The lowest BCUT2D eigenvalue weighted by atomic mass is 10.00. The molecule has 146 valence electrons. The average molecular weight is 411 g/mol. The second-order valence-electron chi connectivity index (χ2n) is 7.09. The molecule has 1 amide bonds. The van der Waals surface area contributed by atoms with E-state index in [-0.39, 0.29) is 17.3 Å². The molecule has 27 heavy (non-hydrogen) atoms. The van der Waals surface area contributed by atoms with Crippen molar-refractivity contribution in [2.75, 3.05) is 32.7 Å². The molecule has 1 aromatic rings. The molecule has 1 aromatic carbocycles. The van der Waals surface area contributed by atoms with E-state index in [9.17, 15) is 18.5 Å². The molecule has 0 bridgehead atoms. The van der Waals surface area contributed by atoms with Crippen molar-refractivity contribution in [3.05, 3.63) is 29.3 Å². The van der Waals surface area contributed by atoms with Crippen molar-refractivity contribution in [2.45, 2.75) is 36.1 Å². The highest BCUT2D eigenvalue weighted by Gasteiger charge is 2.36. The second kappa shape index (κ2) is 8.15. The van der Waals surface area contributed by atoms with Crippen molar-refractivity contribution in [3.63, 3.8) is 0 Å². The summed E-state index contributed by atoms with van der Waals surface area (Å²) in [6.45, 7) is 1.73. The van der Waals surface area contributed by atoms with Crippen molar-refractivity contribution in [2.24, 2.45) is 0 Å². The van der Waals surface area contributed by atoms with Crippen molar-refractivity contribution >= 4 is 27.5 Å². The third-order valence-corrected chi connectivity index (χ3v) is 7.31. The summed E-state index contributed by atoms with van der Waals surface area (Å²) in [5.74, 6) is -0.176. The third-order valence-electron chi connectivity index (χ3n) is 5.18. The Hall–Kier alpha value is -1.66. The molecule has 2 fully saturated rings. The highest BCUT2D eigenvalue weighted by Crippen LogP contribution is 2.28. The molecule has 0 spiro atoms. The lowest BCUT2D eigenvalue weighted by molar-refractivity contribution is -0.123. The number of halogens is 1. The van der Waals surface area contributed by atoms with Gasteiger partial charge >= 0.3 is 0 Å². The first kappa shape index (κ1) is 20.1. The largest absolute Gasteiger partial charge is 0.337 e. The Bertz CT molecular complexity index is 838. The number of hydrogen-bond donors (Lipinski definition) is 1. The first-order valence-corrected chi connectivity index (χ1v) is 10.9. The number of sulfonamides is 1. The number of nitrogens with one attached hydrogen (secondary N) is 1. The first-order chi connectivity index (χ1) is 12.8. The molecule has 0 radical (unpaired) electrons. The van der Waals surface area contributed by atoms with E-state index in [0.717, 1.165) is 12.8 Å². The minimum absolute atomic E-state index is 0.175. The number of hydrogen-bond acceptors (Lipinski definition) is 5. The molecule has 9 heteroatoms. The van der Waals surface area contributed by atoms with Crippen LogP contribution in [0, 0.1) is 11.3 Å². The fraction of sp³-hybridized carbons (Fsp3) is 0.556. The number of rotatable bonds is 5. The fourth-order valence-corrected chi connectivity index (χ4v) is 5.38. The minimum atomic E-state index is -3.59. The summed E-state index contributed by atoms with van der Waals surface area (Å²) in [4.78, 5) is 14.4. The van der Waals surface area contributed by atoms with E-state index in [2.05, 4.69) is 11.4 Å². The summed E-state index contributed by atoms with van der Waals surface area (Å²) in [5.41, 5.74) is -0.727. The summed E-state index contributed by atoms with van der Waals surface area (Å²) in [5, 5.41) is 12.6. The molecule has 1 saturated heterocycles. The van der Waals surface area contributed by atoms with Crippen LogP contribution in [0.2, 0.25) is 5.02 Å². The van der Waals surface area contributed by atoms with Crippen LogP contribution in [-0.2, 0) is 14.8 Å². The molecule has 0 aromatic heterocycles. The summed E-state index contributed by atoms with van der Waals surface area (Å²) in [6, 6.07) is 8.47. The lowest BCUT2D eigenvalue weighted by Crippen LogP contribution is -2.53. The van der Waals surface area contributed by atoms with Gasteiger partial charge in [0.1, 0.15) is 5.54 Å². The van der Waals surface area contributed by atoms with Crippen LogP contribution in [-0.4, -0.2) is 61.8 Å². The topological polar surface area (TPSA) is 93.5 Å². The van der Waals surface area contributed by atoms with Gasteiger partial charge in [-0.3, -0.25) is 9.69 Å². The smallest absolute Gasteiger partial charge is 0.243 e. The number of nitrogens with zero attached hydrogens (tertiary/aromatic N) is 3. The van der Waals surface area contributed by atoms with Crippen LogP contribution < -0.4 is 5.32 Å². The van der Waals surface area contributed by atoms with Gasteiger partial charge in [-0.2, -0.15) is 9.57 Å². The van der Waals surface area contributed by atoms with Crippen LogP contribution in [0.25, 0.3) is 0 Å². The van der Waals surface area contributed by atoms with E-state index < -0.39 is 15.6 Å². The molecular weight excluding hydrogens is 388 g/mol. The summed E-state index contributed by atoms with van der Waals surface area (Å²) >= 11 is 5.90. The van der Waals surface area contributed by atoms with E-state index >= 15 is 0 Å². The van der Waals surface area contributed by atoms with Gasteiger partial charge in [-0.1, -0.05) is 17.7 Å². The zero-order valence-corrected chi connectivity index (χ0v) is 16.6. The SMILES string of the molecule is N#CC1(NC(=O)CN2CCN(S(=O)(=O)c3cccc(Cl)c3)CC2)CCCC1. The molecule has 3 rings (SSSR count). The Morgan fingerprint density at radius 3 is 2.48 bits per heavy atom. The molecule has 2 aliphatic rings. The van der Waals surface area contributed by atoms with Gasteiger partial charge in [0.25, 0.3) is 0 Å². The van der Waals surface area contributed by atoms with E-state index in [0.29, 0.717) is 44.0 Å². The number of carbonyl (C=O) groups is 1.